The first-order valence-corrected chi connectivity index (χ1v) is 7.11. The molecule has 0 amide bonds. The van der Waals surface area contributed by atoms with E-state index >= 15 is 0 Å². The fourth-order valence-electron chi connectivity index (χ4n) is 1.97. The summed E-state index contributed by atoms with van der Waals surface area (Å²) in [6.45, 7) is 1.84. The van der Waals surface area contributed by atoms with Gasteiger partial charge in [-0.1, -0.05) is 0 Å². The number of nitrogens with zero attached hydrogens (tertiary/aromatic N) is 1. The zero-order valence-corrected chi connectivity index (χ0v) is 12.2. The molecule has 20 heavy (non-hydrogen) atoms. The van der Waals surface area contributed by atoms with E-state index < -0.39 is 5.63 Å². The molecule has 0 fully saturated rings. The number of hydrogen-bond donors (Lipinski definition) is 0. The molecule has 0 spiro atoms. The predicted molar refractivity (Wildman–Crippen MR) is 78.2 cm³/mol. The third-order valence-corrected chi connectivity index (χ3v) is 3.89. The molecule has 1 aromatic carbocycles. The summed E-state index contributed by atoms with van der Waals surface area (Å²) in [6.07, 6.45) is 1.83. The van der Waals surface area contributed by atoms with Crippen molar-refractivity contribution in [2.24, 2.45) is 0 Å². The molecule has 0 N–H and O–H groups in total. The molecule has 0 bridgehead atoms. The van der Waals surface area contributed by atoms with Crippen molar-refractivity contribution in [3.05, 3.63) is 45.8 Å². The summed E-state index contributed by atoms with van der Waals surface area (Å²) in [6, 6.07) is 9.14. The largest absolute Gasteiger partial charge is 0.497 e. The molecular formula is C15H13NO3S. The summed E-state index contributed by atoms with van der Waals surface area (Å²) in [4.78, 5) is 12.5. The lowest BCUT2D eigenvalue weighted by molar-refractivity contribution is 0.415. The third kappa shape index (κ3) is 2.43. The number of thioether (sulfide) groups is 1. The zero-order chi connectivity index (χ0) is 14.7. The second-order valence-corrected chi connectivity index (χ2v) is 4.91. The Kier molecular flexibility index (Phi) is 4.16. The number of ether oxygens (including phenoxy) is 1. The number of nitriles is 1. The molecule has 2 rings (SSSR count). The van der Waals surface area contributed by atoms with Crippen molar-refractivity contribution in [1.29, 1.82) is 5.26 Å². The summed E-state index contributed by atoms with van der Waals surface area (Å²) in [5.74, 6) is 1.22. The van der Waals surface area contributed by atoms with Crippen molar-refractivity contribution in [3.8, 4) is 23.1 Å². The zero-order valence-electron chi connectivity index (χ0n) is 11.4. The van der Waals surface area contributed by atoms with Crippen LogP contribution in [-0.4, -0.2) is 13.4 Å². The van der Waals surface area contributed by atoms with Crippen LogP contribution in [0.3, 0.4) is 0 Å². The summed E-state index contributed by atoms with van der Waals surface area (Å²) in [5.41, 5.74) is 1.03. The summed E-state index contributed by atoms with van der Waals surface area (Å²) in [5, 5.41) is 9.04. The highest BCUT2D eigenvalue weighted by Gasteiger charge is 2.17. The van der Waals surface area contributed by atoms with Crippen molar-refractivity contribution >= 4 is 11.8 Å². The van der Waals surface area contributed by atoms with Crippen molar-refractivity contribution in [3.63, 3.8) is 0 Å². The van der Waals surface area contributed by atoms with Crippen LogP contribution in [0.5, 0.6) is 5.75 Å². The average molecular weight is 287 g/mol. The Bertz CT molecular complexity index is 727. The number of benzene rings is 1. The van der Waals surface area contributed by atoms with Gasteiger partial charge in [0.05, 0.1) is 7.11 Å². The van der Waals surface area contributed by atoms with Gasteiger partial charge in [-0.25, -0.2) is 4.79 Å². The molecule has 1 aromatic heterocycles. The molecule has 2 aromatic rings. The van der Waals surface area contributed by atoms with E-state index in [1.54, 1.807) is 19.2 Å². The van der Waals surface area contributed by atoms with Crippen molar-refractivity contribution in [2.75, 3.05) is 13.4 Å². The van der Waals surface area contributed by atoms with Gasteiger partial charge >= 0.3 is 5.63 Å². The Balaban J connectivity index is 2.66. The van der Waals surface area contributed by atoms with Gasteiger partial charge in [-0.15, -0.1) is 11.8 Å². The van der Waals surface area contributed by atoms with Gasteiger partial charge in [0.15, 0.2) is 5.56 Å². The highest BCUT2D eigenvalue weighted by molar-refractivity contribution is 7.98. The lowest BCUT2D eigenvalue weighted by Crippen LogP contribution is -2.08. The minimum Gasteiger partial charge on any atom is -0.497 e. The van der Waals surface area contributed by atoms with Crippen LogP contribution in [0.15, 0.2) is 38.4 Å². The molecule has 0 radical (unpaired) electrons. The fourth-order valence-corrected chi connectivity index (χ4v) is 2.70. The van der Waals surface area contributed by atoms with E-state index in [0.717, 1.165) is 16.9 Å². The Morgan fingerprint density at radius 1 is 1.30 bits per heavy atom. The van der Waals surface area contributed by atoms with E-state index in [0.29, 0.717) is 10.7 Å². The van der Waals surface area contributed by atoms with Crippen LogP contribution >= 0.6 is 11.8 Å². The molecule has 0 saturated carbocycles. The summed E-state index contributed by atoms with van der Waals surface area (Å²) < 4.78 is 10.4. The Labute approximate surface area is 121 Å². The normalized spacial score (nSPS) is 10.1. The molecule has 5 heteroatoms. The lowest BCUT2D eigenvalue weighted by Gasteiger charge is -2.10. The monoisotopic (exact) mass is 287 g/mol. The topological polar surface area (TPSA) is 63.2 Å². The first-order valence-electron chi connectivity index (χ1n) is 5.88. The van der Waals surface area contributed by atoms with Crippen LogP contribution in [0, 0.1) is 18.3 Å². The minimum atomic E-state index is -0.603. The molecule has 0 aliphatic heterocycles. The van der Waals surface area contributed by atoms with Crippen LogP contribution < -0.4 is 10.4 Å². The van der Waals surface area contributed by atoms with Gasteiger partial charge in [-0.3, -0.25) is 0 Å². The molecule has 1 heterocycles. The van der Waals surface area contributed by atoms with Crippen LogP contribution in [0.25, 0.3) is 11.3 Å². The minimum absolute atomic E-state index is 0.0623. The fraction of sp³-hybridized carbons (Fsp3) is 0.200. The summed E-state index contributed by atoms with van der Waals surface area (Å²) >= 11 is 1.37. The molecule has 102 valence electrons. The molecule has 0 aliphatic rings. The highest BCUT2D eigenvalue weighted by Crippen LogP contribution is 2.31. The van der Waals surface area contributed by atoms with Crippen LogP contribution in [0.1, 0.15) is 11.1 Å². The lowest BCUT2D eigenvalue weighted by atomic mass is 10.1. The predicted octanol–water partition coefficient (Wildman–Crippen LogP) is 3.22. The van der Waals surface area contributed by atoms with E-state index in [4.69, 9.17) is 14.4 Å². The Hall–Kier alpha value is -2.19. The van der Waals surface area contributed by atoms with Crippen molar-refractivity contribution < 1.29 is 9.15 Å². The standard InChI is InChI=1S/C15H13NO3S/c1-9-13(10-4-6-11(18-2)7-5-10)19-15(17)12(8-16)14(9)20-3/h4-7H,1-3H3. The maximum atomic E-state index is 11.9. The number of rotatable bonds is 3. The van der Waals surface area contributed by atoms with Gasteiger partial charge in [0, 0.05) is 16.0 Å². The molecule has 0 unspecified atom stereocenters. The molecule has 0 aliphatic carbocycles. The molecule has 0 atom stereocenters. The van der Waals surface area contributed by atoms with Crippen molar-refractivity contribution in [1.82, 2.24) is 0 Å². The highest BCUT2D eigenvalue weighted by atomic mass is 32.2. The van der Waals surface area contributed by atoms with Gasteiger partial charge in [-0.2, -0.15) is 5.26 Å². The Morgan fingerprint density at radius 3 is 2.45 bits per heavy atom. The smallest absolute Gasteiger partial charge is 0.355 e. The molecule has 4 nitrogen and oxygen atoms in total. The van der Waals surface area contributed by atoms with E-state index in [9.17, 15) is 4.79 Å². The van der Waals surface area contributed by atoms with Gasteiger partial charge in [-0.05, 0) is 37.4 Å². The molecule has 0 saturated heterocycles. The van der Waals surface area contributed by atoms with Gasteiger partial charge in [0.2, 0.25) is 0 Å². The van der Waals surface area contributed by atoms with Crippen LogP contribution in [0.2, 0.25) is 0 Å². The van der Waals surface area contributed by atoms with E-state index in [1.807, 2.05) is 31.4 Å². The van der Waals surface area contributed by atoms with Crippen molar-refractivity contribution in [2.45, 2.75) is 11.8 Å². The van der Waals surface area contributed by atoms with E-state index in [1.165, 1.54) is 11.8 Å². The quantitative estimate of drug-likeness (QED) is 0.811. The first kappa shape index (κ1) is 14.2. The Morgan fingerprint density at radius 2 is 1.95 bits per heavy atom. The van der Waals surface area contributed by atoms with E-state index in [2.05, 4.69) is 0 Å². The van der Waals surface area contributed by atoms with Crippen LogP contribution in [0.4, 0.5) is 0 Å². The maximum Gasteiger partial charge on any atom is 0.355 e. The van der Waals surface area contributed by atoms with Gasteiger partial charge in [0.1, 0.15) is 17.6 Å². The molecular weight excluding hydrogens is 274 g/mol. The number of methoxy groups -OCH3 is 1. The van der Waals surface area contributed by atoms with Gasteiger partial charge in [0.25, 0.3) is 0 Å². The number of hydrogen-bond acceptors (Lipinski definition) is 5. The second-order valence-electron chi connectivity index (χ2n) is 4.09. The maximum absolute atomic E-state index is 11.9. The third-order valence-electron chi connectivity index (χ3n) is 2.98. The average Bonchev–Trinajstić information content (AvgIpc) is 2.48. The summed E-state index contributed by atoms with van der Waals surface area (Å²) in [7, 11) is 1.59. The van der Waals surface area contributed by atoms with Crippen LogP contribution in [-0.2, 0) is 0 Å². The SMILES string of the molecule is COc1ccc(-c2oc(=O)c(C#N)c(SC)c2C)cc1. The first-order chi connectivity index (χ1) is 9.62. The van der Waals surface area contributed by atoms with Gasteiger partial charge < -0.3 is 9.15 Å². The second kappa shape index (κ2) is 5.85. The van der Waals surface area contributed by atoms with E-state index in [-0.39, 0.29) is 5.56 Å².